The lowest BCUT2D eigenvalue weighted by atomic mass is 10.0. The Morgan fingerprint density at radius 1 is 0.968 bits per heavy atom. The van der Waals surface area contributed by atoms with E-state index in [4.69, 9.17) is 0 Å². The first-order chi connectivity index (χ1) is 14.8. The lowest BCUT2D eigenvalue weighted by molar-refractivity contribution is -0.137. The van der Waals surface area contributed by atoms with E-state index in [1.807, 2.05) is 0 Å². The number of amides is 2. The van der Waals surface area contributed by atoms with E-state index in [-0.39, 0.29) is 22.4 Å². The van der Waals surface area contributed by atoms with Gasteiger partial charge in [-0.15, -0.1) is 0 Å². The minimum Gasteiger partial charge on any atom is -0.382 e. The number of aliphatic hydroxyl groups excluding tert-OH is 1. The Kier molecular flexibility index (Phi) is 5.12. The number of rotatable bonds is 4. The van der Waals surface area contributed by atoms with Crippen molar-refractivity contribution >= 4 is 17.9 Å². The van der Waals surface area contributed by atoms with Crippen LogP contribution in [0.25, 0.3) is 6.08 Å². The number of fused-ring (bicyclic) bond motifs is 1. The second kappa shape index (κ2) is 7.77. The second-order valence-electron chi connectivity index (χ2n) is 6.73. The maximum atomic E-state index is 12.8. The van der Waals surface area contributed by atoms with E-state index in [1.54, 1.807) is 24.3 Å². The number of hydrogen-bond acceptors (Lipinski definition) is 5. The molecule has 1 N–H and O–H groups in total. The van der Waals surface area contributed by atoms with Crippen LogP contribution in [-0.4, -0.2) is 31.8 Å². The number of halogens is 3. The molecule has 0 spiro atoms. The molecular weight excluding hydrogens is 411 g/mol. The Hall–Kier alpha value is -3.85. The lowest BCUT2D eigenvalue weighted by Gasteiger charge is -2.14. The van der Waals surface area contributed by atoms with Gasteiger partial charge in [0.25, 0.3) is 11.8 Å². The first-order valence-corrected chi connectivity index (χ1v) is 9.07. The molecule has 1 unspecified atom stereocenters. The fourth-order valence-corrected chi connectivity index (χ4v) is 3.22. The number of benzene rings is 2. The molecule has 156 valence electrons. The summed E-state index contributed by atoms with van der Waals surface area (Å²) in [6.45, 7) is 0. The quantitative estimate of drug-likeness (QED) is 0.642. The fraction of sp³-hybridized carbons (Fsp3) is 0.0909. The van der Waals surface area contributed by atoms with Gasteiger partial charge in [-0.3, -0.25) is 9.59 Å². The van der Waals surface area contributed by atoms with Crippen LogP contribution in [0.4, 0.5) is 13.2 Å². The van der Waals surface area contributed by atoms with Gasteiger partial charge in [-0.05, 0) is 35.9 Å². The number of hydrogen-bond donors (Lipinski definition) is 1. The molecule has 1 atom stereocenters. The smallest absolute Gasteiger partial charge is 0.382 e. The van der Waals surface area contributed by atoms with E-state index >= 15 is 0 Å². The molecule has 2 aromatic carbocycles. The predicted molar refractivity (Wildman–Crippen MR) is 104 cm³/mol. The highest BCUT2D eigenvalue weighted by molar-refractivity contribution is 6.22. The summed E-state index contributed by atoms with van der Waals surface area (Å²) in [6, 6.07) is 10.5. The lowest BCUT2D eigenvalue weighted by Crippen LogP contribution is -2.23. The number of nitrogens with zero attached hydrogens (tertiary/aromatic N) is 3. The summed E-state index contributed by atoms with van der Waals surface area (Å²) in [5, 5.41) is 10.7. The van der Waals surface area contributed by atoms with Gasteiger partial charge in [0, 0.05) is 18.0 Å². The highest BCUT2D eigenvalue weighted by atomic mass is 19.4. The normalized spacial score (nSPS) is 14.9. The largest absolute Gasteiger partial charge is 0.416 e. The molecule has 1 aliphatic rings. The van der Waals surface area contributed by atoms with E-state index in [2.05, 4.69) is 9.97 Å². The molecular formula is C22H14F3N3O3. The molecule has 1 aliphatic heterocycles. The first kappa shape index (κ1) is 20.4. The Morgan fingerprint density at radius 2 is 1.58 bits per heavy atom. The third-order valence-corrected chi connectivity index (χ3v) is 4.81. The van der Waals surface area contributed by atoms with Crippen molar-refractivity contribution in [2.75, 3.05) is 0 Å². The zero-order chi connectivity index (χ0) is 22.2. The van der Waals surface area contributed by atoms with Crippen molar-refractivity contribution in [2.24, 2.45) is 0 Å². The molecule has 0 saturated heterocycles. The van der Waals surface area contributed by atoms with Gasteiger partial charge >= 0.3 is 6.18 Å². The van der Waals surface area contributed by atoms with Crippen molar-refractivity contribution in [3.05, 3.63) is 101 Å². The molecule has 4 rings (SSSR count). The van der Waals surface area contributed by atoms with Crippen molar-refractivity contribution in [2.45, 2.75) is 12.3 Å². The summed E-state index contributed by atoms with van der Waals surface area (Å²) in [4.78, 5) is 33.8. The number of carbonyl (C=O) groups excluding carboxylic acids is 2. The average Bonchev–Trinajstić information content (AvgIpc) is 3.01. The van der Waals surface area contributed by atoms with Crippen LogP contribution >= 0.6 is 0 Å². The van der Waals surface area contributed by atoms with Crippen molar-refractivity contribution in [1.29, 1.82) is 0 Å². The topological polar surface area (TPSA) is 83.4 Å². The minimum absolute atomic E-state index is 0.114. The number of carbonyl (C=O) groups is 2. The van der Waals surface area contributed by atoms with Crippen LogP contribution in [0.3, 0.4) is 0 Å². The molecule has 0 bridgehead atoms. The molecule has 9 heteroatoms. The summed E-state index contributed by atoms with van der Waals surface area (Å²) in [5.74, 6) is -0.975. The SMILES string of the molecule is O=C1c2ccccc2C(=O)N1C=Cc1cncnc1C(O)c1ccc(C(F)(F)F)cc1. The summed E-state index contributed by atoms with van der Waals surface area (Å²) in [5.41, 5.74) is 0.339. The number of aromatic nitrogens is 2. The van der Waals surface area contributed by atoms with Gasteiger partial charge in [-0.25, -0.2) is 14.9 Å². The molecule has 2 amide bonds. The Bertz CT molecular complexity index is 1160. The van der Waals surface area contributed by atoms with Gasteiger partial charge in [0.2, 0.25) is 0 Å². The zero-order valence-electron chi connectivity index (χ0n) is 15.7. The minimum atomic E-state index is -4.49. The van der Waals surface area contributed by atoms with Crippen LogP contribution in [0.1, 0.15) is 49.2 Å². The molecule has 1 aromatic heterocycles. The molecule has 0 saturated carbocycles. The first-order valence-electron chi connectivity index (χ1n) is 9.07. The van der Waals surface area contributed by atoms with Crippen LogP contribution < -0.4 is 0 Å². The molecule has 3 aromatic rings. The van der Waals surface area contributed by atoms with Crippen LogP contribution in [0.5, 0.6) is 0 Å². The van der Waals surface area contributed by atoms with E-state index in [0.29, 0.717) is 5.56 Å². The highest BCUT2D eigenvalue weighted by Gasteiger charge is 2.34. The van der Waals surface area contributed by atoms with Crippen molar-refractivity contribution < 1.29 is 27.9 Å². The van der Waals surface area contributed by atoms with E-state index in [1.165, 1.54) is 24.8 Å². The number of imide groups is 1. The summed E-state index contributed by atoms with van der Waals surface area (Å²) >= 11 is 0. The van der Waals surface area contributed by atoms with Gasteiger partial charge in [-0.2, -0.15) is 13.2 Å². The van der Waals surface area contributed by atoms with Gasteiger partial charge in [-0.1, -0.05) is 24.3 Å². The van der Waals surface area contributed by atoms with Gasteiger partial charge < -0.3 is 5.11 Å². The molecule has 0 aliphatic carbocycles. The number of alkyl halides is 3. The third kappa shape index (κ3) is 3.82. The van der Waals surface area contributed by atoms with E-state index in [9.17, 15) is 27.9 Å². The van der Waals surface area contributed by atoms with Gasteiger partial charge in [0.05, 0.1) is 22.4 Å². The molecule has 2 heterocycles. The standard InChI is InChI=1S/C22H14F3N3O3/c23-22(24,25)15-7-5-13(6-8-15)19(29)18-14(11-26-12-27-18)9-10-28-20(30)16-3-1-2-4-17(16)21(28)31/h1-12,19,29H. The molecule has 6 nitrogen and oxygen atoms in total. The van der Waals surface area contributed by atoms with Gasteiger partial charge in [0.1, 0.15) is 12.4 Å². The summed E-state index contributed by atoms with van der Waals surface area (Å²) in [7, 11) is 0. The molecule has 31 heavy (non-hydrogen) atoms. The Labute approximate surface area is 174 Å². The Morgan fingerprint density at radius 3 is 2.16 bits per heavy atom. The van der Waals surface area contributed by atoms with Gasteiger partial charge in [0.15, 0.2) is 0 Å². The van der Waals surface area contributed by atoms with Crippen LogP contribution in [0, 0.1) is 0 Å². The highest BCUT2D eigenvalue weighted by Crippen LogP contribution is 2.31. The van der Waals surface area contributed by atoms with Crippen molar-refractivity contribution in [1.82, 2.24) is 14.9 Å². The van der Waals surface area contributed by atoms with Crippen LogP contribution in [0.2, 0.25) is 0 Å². The van der Waals surface area contributed by atoms with Crippen LogP contribution in [0.15, 0.2) is 67.3 Å². The monoisotopic (exact) mass is 425 g/mol. The fourth-order valence-electron chi connectivity index (χ4n) is 3.22. The molecule has 0 fully saturated rings. The maximum Gasteiger partial charge on any atom is 0.416 e. The van der Waals surface area contributed by atoms with E-state index in [0.717, 1.165) is 29.2 Å². The third-order valence-electron chi connectivity index (χ3n) is 4.81. The predicted octanol–water partition coefficient (Wildman–Crippen LogP) is 3.84. The van der Waals surface area contributed by atoms with E-state index < -0.39 is 29.7 Å². The number of aliphatic hydroxyl groups is 1. The van der Waals surface area contributed by atoms with Crippen molar-refractivity contribution in [3.8, 4) is 0 Å². The molecule has 0 radical (unpaired) electrons. The summed E-state index contributed by atoms with van der Waals surface area (Å²) < 4.78 is 38.3. The maximum absolute atomic E-state index is 12.8. The van der Waals surface area contributed by atoms with Crippen LogP contribution in [-0.2, 0) is 6.18 Å². The zero-order valence-corrected chi connectivity index (χ0v) is 15.7. The Balaban J connectivity index is 1.61. The summed E-state index contributed by atoms with van der Waals surface area (Å²) in [6.07, 6.45) is -0.631. The second-order valence-corrected chi connectivity index (χ2v) is 6.73. The average molecular weight is 425 g/mol. The van der Waals surface area contributed by atoms with Crippen molar-refractivity contribution in [3.63, 3.8) is 0 Å².